The topological polar surface area (TPSA) is 84.7 Å². The number of carbonyl (C=O) groups is 2. The summed E-state index contributed by atoms with van der Waals surface area (Å²) in [5, 5.41) is 2.74. The molecule has 0 aromatic carbocycles. The first-order valence-corrected chi connectivity index (χ1v) is 5.59. The van der Waals surface area contributed by atoms with Crippen molar-refractivity contribution in [1.82, 2.24) is 10.2 Å². The van der Waals surface area contributed by atoms with Crippen LogP contribution in [0.2, 0.25) is 0 Å². The largest absolute Gasteiger partial charge is 0.370 e. The molecule has 0 atom stereocenters. The molecule has 1 saturated heterocycles. The number of carbonyl (C=O) groups excluding carboxylic acids is 2. The van der Waals surface area contributed by atoms with Gasteiger partial charge in [-0.3, -0.25) is 4.79 Å². The Morgan fingerprint density at radius 2 is 1.94 bits per heavy atom. The molecule has 0 bridgehead atoms. The molecule has 3 N–H and O–H groups in total. The number of nitrogens with two attached hydrogens (primary N) is 1. The number of amides is 3. The van der Waals surface area contributed by atoms with Crippen LogP contribution in [0, 0.1) is 0 Å². The Balaban J connectivity index is 2.03. The van der Waals surface area contributed by atoms with Crippen molar-refractivity contribution in [3.8, 4) is 0 Å². The van der Waals surface area contributed by atoms with Gasteiger partial charge in [0.15, 0.2) is 0 Å². The summed E-state index contributed by atoms with van der Waals surface area (Å²) in [5.41, 5.74) is 4.89. The summed E-state index contributed by atoms with van der Waals surface area (Å²) in [6.07, 6.45) is 3.35. The lowest BCUT2D eigenvalue weighted by molar-refractivity contribution is -0.122. The first kappa shape index (κ1) is 12.8. The van der Waals surface area contributed by atoms with Crippen molar-refractivity contribution < 1.29 is 14.3 Å². The van der Waals surface area contributed by atoms with Gasteiger partial charge < -0.3 is 20.7 Å². The third kappa shape index (κ3) is 4.97. The minimum atomic E-state index is -0.498. The number of primary amides is 1. The van der Waals surface area contributed by atoms with Crippen molar-refractivity contribution in [2.75, 3.05) is 32.8 Å². The third-order valence-electron chi connectivity index (χ3n) is 2.41. The molecule has 16 heavy (non-hydrogen) atoms. The van der Waals surface area contributed by atoms with Gasteiger partial charge in [-0.15, -0.1) is 0 Å². The SMILES string of the molecule is NC(=O)COCCNC(=O)N1CCCCC1. The predicted molar refractivity (Wildman–Crippen MR) is 58.8 cm³/mol. The van der Waals surface area contributed by atoms with E-state index < -0.39 is 5.91 Å². The molecule has 0 aromatic heterocycles. The quantitative estimate of drug-likeness (QED) is 0.634. The van der Waals surface area contributed by atoms with Crippen LogP contribution >= 0.6 is 0 Å². The van der Waals surface area contributed by atoms with Gasteiger partial charge in [0.2, 0.25) is 5.91 Å². The van der Waals surface area contributed by atoms with Crippen LogP contribution in [-0.2, 0) is 9.53 Å². The van der Waals surface area contributed by atoms with E-state index in [-0.39, 0.29) is 12.6 Å². The van der Waals surface area contributed by atoms with Crippen LogP contribution < -0.4 is 11.1 Å². The molecule has 0 spiro atoms. The zero-order valence-electron chi connectivity index (χ0n) is 9.41. The van der Waals surface area contributed by atoms with E-state index in [2.05, 4.69) is 5.32 Å². The fourth-order valence-electron chi connectivity index (χ4n) is 1.61. The molecule has 0 aromatic rings. The third-order valence-corrected chi connectivity index (χ3v) is 2.41. The van der Waals surface area contributed by atoms with Gasteiger partial charge in [-0.2, -0.15) is 0 Å². The van der Waals surface area contributed by atoms with Gasteiger partial charge in [-0.05, 0) is 19.3 Å². The first-order chi connectivity index (χ1) is 7.70. The summed E-state index contributed by atoms with van der Waals surface area (Å²) in [5.74, 6) is -0.498. The van der Waals surface area contributed by atoms with Crippen molar-refractivity contribution in [2.24, 2.45) is 5.73 Å². The predicted octanol–water partition coefficient (Wildman–Crippen LogP) is -0.316. The van der Waals surface area contributed by atoms with Crippen LogP contribution in [-0.4, -0.2) is 49.7 Å². The molecule has 0 radical (unpaired) electrons. The minimum absolute atomic E-state index is 0.0534. The minimum Gasteiger partial charge on any atom is -0.370 e. The second-order valence-corrected chi connectivity index (χ2v) is 3.80. The highest BCUT2D eigenvalue weighted by atomic mass is 16.5. The number of likely N-dealkylation sites (tertiary alicyclic amines) is 1. The fourth-order valence-corrected chi connectivity index (χ4v) is 1.61. The molecule has 1 fully saturated rings. The first-order valence-electron chi connectivity index (χ1n) is 5.59. The Labute approximate surface area is 95.1 Å². The summed E-state index contributed by atoms with van der Waals surface area (Å²) >= 11 is 0. The molecule has 0 saturated carbocycles. The summed E-state index contributed by atoms with van der Waals surface area (Å²) < 4.78 is 4.93. The number of rotatable bonds is 5. The summed E-state index contributed by atoms with van der Waals surface area (Å²) in [4.78, 5) is 23.7. The van der Waals surface area contributed by atoms with E-state index in [1.54, 1.807) is 4.90 Å². The number of nitrogens with zero attached hydrogens (tertiary/aromatic N) is 1. The van der Waals surface area contributed by atoms with E-state index in [0.29, 0.717) is 13.2 Å². The highest BCUT2D eigenvalue weighted by Gasteiger charge is 2.15. The van der Waals surface area contributed by atoms with E-state index in [0.717, 1.165) is 25.9 Å². The molecular formula is C10H19N3O3. The maximum atomic E-state index is 11.6. The van der Waals surface area contributed by atoms with Gasteiger partial charge in [0.1, 0.15) is 6.61 Å². The van der Waals surface area contributed by atoms with Crippen molar-refractivity contribution in [3.63, 3.8) is 0 Å². The standard InChI is InChI=1S/C10H19N3O3/c11-9(14)8-16-7-4-12-10(15)13-5-2-1-3-6-13/h1-8H2,(H2,11,14)(H,12,15). The fraction of sp³-hybridized carbons (Fsp3) is 0.800. The Kier molecular flexibility index (Phi) is 5.63. The summed E-state index contributed by atoms with van der Waals surface area (Å²) in [7, 11) is 0. The maximum absolute atomic E-state index is 11.6. The lowest BCUT2D eigenvalue weighted by atomic mass is 10.1. The average molecular weight is 229 g/mol. The number of urea groups is 1. The molecule has 6 nitrogen and oxygen atoms in total. The van der Waals surface area contributed by atoms with E-state index in [1.165, 1.54) is 6.42 Å². The van der Waals surface area contributed by atoms with Crippen LogP contribution in [0.3, 0.4) is 0 Å². The zero-order chi connectivity index (χ0) is 11.8. The molecule has 3 amide bonds. The van der Waals surface area contributed by atoms with E-state index in [1.807, 2.05) is 0 Å². The van der Waals surface area contributed by atoms with Gasteiger partial charge in [0, 0.05) is 19.6 Å². The Morgan fingerprint density at radius 3 is 2.56 bits per heavy atom. The Morgan fingerprint density at radius 1 is 1.25 bits per heavy atom. The monoisotopic (exact) mass is 229 g/mol. The van der Waals surface area contributed by atoms with Crippen LogP contribution in [0.15, 0.2) is 0 Å². The molecule has 1 aliphatic heterocycles. The molecule has 1 heterocycles. The Bertz CT molecular complexity index is 239. The molecular weight excluding hydrogens is 210 g/mol. The lowest BCUT2D eigenvalue weighted by Gasteiger charge is -2.26. The van der Waals surface area contributed by atoms with E-state index in [9.17, 15) is 9.59 Å². The second-order valence-electron chi connectivity index (χ2n) is 3.80. The zero-order valence-corrected chi connectivity index (χ0v) is 9.41. The van der Waals surface area contributed by atoms with Crippen LogP contribution in [0.1, 0.15) is 19.3 Å². The van der Waals surface area contributed by atoms with Crippen LogP contribution in [0.5, 0.6) is 0 Å². The number of piperidine rings is 1. The number of nitrogens with one attached hydrogen (secondary N) is 1. The molecule has 1 aliphatic rings. The van der Waals surface area contributed by atoms with Gasteiger partial charge in [0.05, 0.1) is 6.61 Å². The molecule has 0 aliphatic carbocycles. The Hall–Kier alpha value is -1.30. The van der Waals surface area contributed by atoms with Crippen LogP contribution in [0.4, 0.5) is 4.79 Å². The number of ether oxygens (including phenoxy) is 1. The smallest absolute Gasteiger partial charge is 0.317 e. The van der Waals surface area contributed by atoms with Gasteiger partial charge in [0.25, 0.3) is 0 Å². The van der Waals surface area contributed by atoms with E-state index in [4.69, 9.17) is 10.5 Å². The molecule has 0 unspecified atom stereocenters. The van der Waals surface area contributed by atoms with Gasteiger partial charge >= 0.3 is 6.03 Å². The summed E-state index contributed by atoms with van der Waals surface area (Å²) in [6, 6.07) is -0.0534. The van der Waals surface area contributed by atoms with Crippen LogP contribution in [0.25, 0.3) is 0 Å². The highest BCUT2D eigenvalue weighted by Crippen LogP contribution is 2.07. The van der Waals surface area contributed by atoms with Gasteiger partial charge in [-0.1, -0.05) is 0 Å². The number of hydrogen-bond donors (Lipinski definition) is 2. The highest BCUT2D eigenvalue weighted by molar-refractivity contribution is 5.75. The number of hydrogen-bond acceptors (Lipinski definition) is 3. The van der Waals surface area contributed by atoms with Crippen molar-refractivity contribution in [1.29, 1.82) is 0 Å². The van der Waals surface area contributed by atoms with Crippen molar-refractivity contribution in [2.45, 2.75) is 19.3 Å². The molecule has 1 rings (SSSR count). The summed E-state index contributed by atoms with van der Waals surface area (Å²) in [6.45, 7) is 2.27. The average Bonchev–Trinajstić information content (AvgIpc) is 2.29. The lowest BCUT2D eigenvalue weighted by Crippen LogP contribution is -2.43. The molecule has 92 valence electrons. The van der Waals surface area contributed by atoms with Crippen molar-refractivity contribution in [3.05, 3.63) is 0 Å². The normalized spacial score (nSPS) is 15.9. The molecule has 6 heteroatoms. The van der Waals surface area contributed by atoms with Crippen molar-refractivity contribution >= 4 is 11.9 Å². The van der Waals surface area contributed by atoms with Gasteiger partial charge in [-0.25, -0.2) is 4.79 Å². The van der Waals surface area contributed by atoms with E-state index >= 15 is 0 Å². The maximum Gasteiger partial charge on any atom is 0.317 e. The second kappa shape index (κ2) is 7.05.